The first-order chi connectivity index (χ1) is 11.2. The van der Waals surface area contributed by atoms with E-state index >= 15 is 0 Å². The van der Waals surface area contributed by atoms with Crippen molar-refractivity contribution in [2.24, 2.45) is 5.92 Å². The van der Waals surface area contributed by atoms with Gasteiger partial charge in [-0.05, 0) is 49.1 Å². The molecule has 0 saturated carbocycles. The molecule has 5 nitrogen and oxygen atoms in total. The predicted molar refractivity (Wildman–Crippen MR) is 96.5 cm³/mol. The Kier molecular flexibility index (Phi) is 4.95. The van der Waals surface area contributed by atoms with Gasteiger partial charge in [-0.3, -0.25) is 0 Å². The molecule has 1 aromatic carbocycles. The number of nitrogens with one attached hydrogen (secondary N) is 2. The van der Waals surface area contributed by atoms with Crippen molar-refractivity contribution in [3.8, 4) is 0 Å². The maximum atomic E-state index is 4.50. The first kappa shape index (κ1) is 15.6. The van der Waals surface area contributed by atoms with E-state index in [0.29, 0.717) is 11.9 Å². The third kappa shape index (κ3) is 4.34. The molecule has 0 bridgehead atoms. The summed E-state index contributed by atoms with van der Waals surface area (Å²) in [7, 11) is 0. The van der Waals surface area contributed by atoms with Gasteiger partial charge < -0.3 is 15.5 Å². The molecule has 0 amide bonds. The Bertz CT molecular complexity index is 618. The summed E-state index contributed by atoms with van der Waals surface area (Å²) in [6, 6.07) is 10.4. The third-order valence-corrected chi connectivity index (χ3v) is 3.93. The van der Waals surface area contributed by atoms with Gasteiger partial charge in [0.05, 0.1) is 0 Å². The molecular formula is C18H25N5. The number of hydrogen-bond donors (Lipinski definition) is 2. The Balaban J connectivity index is 1.63. The summed E-state index contributed by atoms with van der Waals surface area (Å²) in [5.41, 5.74) is 2.34. The second kappa shape index (κ2) is 7.31. The molecule has 1 aliphatic rings. The molecule has 5 heteroatoms. The zero-order chi connectivity index (χ0) is 16.1. The number of benzene rings is 1. The molecule has 2 heterocycles. The molecular weight excluding hydrogens is 286 g/mol. The summed E-state index contributed by atoms with van der Waals surface area (Å²) in [5.74, 6) is 2.03. The highest BCUT2D eigenvalue weighted by Gasteiger charge is 2.11. The molecule has 0 unspecified atom stereocenters. The lowest BCUT2D eigenvalue weighted by Crippen LogP contribution is -2.17. The average molecular weight is 311 g/mol. The van der Waals surface area contributed by atoms with Gasteiger partial charge >= 0.3 is 0 Å². The van der Waals surface area contributed by atoms with Gasteiger partial charge in [0, 0.05) is 37.2 Å². The van der Waals surface area contributed by atoms with Crippen LogP contribution < -0.4 is 15.5 Å². The molecule has 1 aromatic heterocycles. The molecule has 1 saturated heterocycles. The first-order valence-corrected chi connectivity index (χ1v) is 8.39. The van der Waals surface area contributed by atoms with E-state index in [4.69, 9.17) is 0 Å². The molecule has 2 N–H and O–H groups in total. The maximum absolute atomic E-state index is 4.50. The highest BCUT2D eigenvalue weighted by atomic mass is 15.1. The molecule has 0 aliphatic carbocycles. The van der Waals surface area contributed by atoms with E-state index in [0.717, 1.165) is 18.1 Å². The summed E-state index contributed by atoms with van der Waals surface area (Å²) in [6.07, 6.45) is 4.37. The second-order valence-electron chi connectivity index (χ2n) is 6.41. The van der Waals surface area contributed by atoms with Crippen molar-refractivity contribution in [3.63, 3.8) is 0 Å². The van der Waals surface area contributed by atoms with Crippen molar-refractivity contribution in [2.75, 3.05) is 35.2 Å². The van der Waals surface area contributed by atoms with Gasteiger partial charge in [-0.25, -0.2) is 4.98 Å². The fourth-order valence-corrected chi connectivity index (χ4v) is 2.69. The average Bonchev–Trinajstić information content (AvgIpc) is 3.08. The molecule has 0 radical (unpaired) electrons. The van der Waals surface area contributed by atoms with Crippen molar-refractivity contribution in [2.45, 2.75) is 26.7 Å². The number of aromatic nitrogens is 2. The molecule has 2 aromatic rings. The molecule has 3 rings (SSSR count). The number of anilines is 4. The number of hydrogen-bond acceptors (Lipinski definition) is 5. The molecule has 0 atom stereocenters. The Morgan fingerprint density at radius 2 is 1.83 bits per heavy atom. The van der Waals surface area contributed by atoms with E-state index in [2.05, 4.69) is 63.6 Å². The molecule has 23 heavy (non-hydrogen) atoms. The van der Waals surface area contributed by atoms with Crippen LogP contribution in [0.25, 0.3) is 0 Å². The minimum absolute atomic E-state index is 0.563. The van der Waals surface area contributed by atoms with Gasteiger partial charge in [0.2, 0.25) is 5.95 Å². The molecule has 1 aliphatic heterocycles. The molecule has 0 spiro atoms. The van der Waals surface area contributed by atoms with Crippen LogP contribution >= 0.6 is 0 Å². The predicted octanol–water partition coefficient (Wildman–Crippen LogP) is 3.89. The van der Waals surface area contributed by atoms with Gasteiger partial charge in [0.1, 0.15) is 5.82 Å². The van der Waals surface area contributed by atoms with Gasteiger partial charge in [-0.2, -0.15) is 4.98 Å². The topological polar surface area (TPSA) is 53.1 Å². The van der Waals surface area contributed by atoms with Gasteiger partial charge in [0.25, 0.3) is 0 Å². The lowest BCUT2D eigenvalue weighted by molar-refractivity contribution is 0.684. The highest BCUT2D eigenvalue weighted by molar-refractivity contribution is 5.61. The van der Waals surface area contributed by atoms with E-state index in [1.807, 2.05) is 6.07 Å². The van der Waals surface area contributed by atoms with Crippen LogP contribution in [-0.4, -0.2) is 29.6 Å². The van der Waals surface area contributed by atoms with E-state index in [1.165, 1.54) is 31.6 Å². The summed E-state index contributed by atoms with van der Waals surface area (Å²) in [4.78, 5) is 11.2. The molecule has 122 valence electrons. The fourth-order valence-electron chi connectivity index (χ4n) is 2.69. The van der Waals surface area contributed by atoms with Crippen LogP contribution in [0.5, 0.6) is 0 Å². The van der Waals surface area contributed by atoms with Crippen LogP contribution in [0.3, 0.4) is 0 Å². The van der Waals surface area contributed by atoms with Crippen LogP contribution in [0.1, 0.15) is 26.7 Å². The molecule has 1 fully saturated rings. The lowest BCUT2D eigenvalue weighted by atomic mass is 10.2. The first-order valence-electron chi connectivity index (χ1n) is 8.39. The third-order valence-electron chi connectivity index (χ3n) is 3.93. The SMILES string of the molecule is CC(C)CNc1nccc(Nc2ccc(N3CCCC3)cc2)n1. The minimum atomic E-state index is 0.563. The van der Waals surface area contributed by atoms with E-state index in [9.17, 15) is 0 Å². The van der Waals surface area contributed by atoms with E-state index in [1.54, 1.807) is 6.20 Å². The highest BCUT2D eigenvalue weighted by Crippen LogP contribution is 2.23. The smallest absolute Gasteiger partial charge is 0.224 e. The summed E-state index contributed by atoms with van der Waals surface area (Å²) in [6.45, 7) is 7.54. The Morgan fingerprint density at radius 1 is 1.09 bits per heavy atom. The van der Waals surface area contributed by atoms with Crippen LogP contribution in [0, 0.1) is 5.92 Å². The van der Waals surface area contributed by atoms with Crippen molar-refractivity contribution in [3.05, 3.63) is 36.5 Å². The second-order valence-corrected chi connectivity index (χ2v) is 6.41. The zero-order valence-corrected chi connectivity index (χ0v) is 13.9. The Hall–Kier alpha value is -2.30. The Morgan fingerprint density at radius 3 is 2.52 bits per heavy atom. The van der Waals surface area contributed by atoms with Crippen molar-refractivity contribution < 1.29 is 0 Å². The van der Waals surface area contributed by atoms with Crippen molar-refractivity contribution in [1.29, 1.82) is 0 Å². The van der Waals surface area contributed by atoms with Crippen LogP contribution in [0.4, 0.5) is 23.1 Å². The van der Waals surface area contributed by atoms with Crippen molar-refractivity contribution >= 4 is 23.1 Å². The number of nitrogens with zero attached hydrogens (tertiary/aromatic N) is 3. The number of rotatable bonds is 6. The van der Waals surface area contributed by atoms with Gasteiger partial charge in [-0.15, -0.1) is 0 Å². The summed E-state index contributed by atoms with van der Waals surface area (Å²) < 4.78 is 0. The van der Waals surface area contributed by atoms with Crippen LogP contribution in [0.2, 0.25) is 0 Å². The maximum Gasteiger partial charge on any atom is 0.224 e. The summed E-state index contributed by atoms with van der Waals surface area (Å²) in [5, 5.41) is 6.59. The fraction of sp³-hybridized carbons (Fsp3) is 0.444. The van der Waals surface area contributed by atoms with Gasteiger partial charge in [-0.1, -0.05) is 13.8 Å². The minimum Gasteiger partial charge on any atom is -0.372 e. The quantitative estimate of drug-likeness (QED) is 0.847. The lowest BCUT2D eigenvalue weighted by Gasteiger charge is -2.18. The zero-order valence-electron chi connectivity index (χ0n) is 13.9. The summed E-state index contributed by atoms with van der Waals surface area (Å²) >= 11 is 0. The normalized spacial score (nSPS) is 14.3. The monoisotopic (exact) mass is 311 g/mol. The Labute approximate surface area is 138 Å². The van der Waals surface area contributed by atoms with E-state index < -0.39 is 0 Å². The van der Waals surface area contributed by atoms with E-state index in [-0.39, 0.29) is 0 Å². The largest absolute Gasteiger partial charge is 0.372 e. The standard InChI is InChI=1S/C18H25N5/c1-14(2)13-20-18-19-10-9-17(22-18)21-15-5-7-16(8-6-15)23-11-3-4-12-23/h5-10,14H,3-4,11-13H2,1-2H3,(H2,19,20,21,22). The van der Waals surface area contributed by atoms with Gasteiger partial charge in [0.15, 0.2) is 0 Å². The van der Waals surface area contributed by atoms with Crippen molar-refractivity contribution in [1.82, 2.24) is 9.97 Å². The van der Waals surface area contributed by atoms with Crippen LogP contribution in [-0.2, 0) is 0 Å². The van der Waals surface area contributed by atoms with Crippen LogP contribution in [0.15, 0.2) is 36.5 Å².